The fraction of sp³-hybridized carbons (Fsp3) is 0.667. The Hall–Kier alpha value is -0.370. The lowest BCUT2D eigenvalue weighted by Gasteiger charge is -1.64. The van der Waals surface area contributed by atoms with Crippen molar-refractivity contribution in [1.29, 1.82) is 0 Å². The maximum Gasteiger partial charge on any atom is 0.0794 e. The molecule has 1 heterocycles. The monoisotopic (exact) mass is 173 g/mol. The van der Waals surface area contributed by atoms with E-state index >= 15 is 0 Å². The standard InChI is InChI=1S/C4H5NS.C3H8.C2H6/c1-4-2-6-3-5-4;1-3-2;1-2/h2-3H,1H3;3H2,1-2H3;1-2H3. The zero-order valence-electron chi connectivity index (χ0n) is 8.22. The van der Waals surface area contributed by atoms with Crippen molar-refractivity contribution < 1.29 is 0 Å². The zero-order chi connectivity index (χ0) is 9.11. The van der Waals surface area contributed by atoms with E-state index in [1.807, 2.05) is 31.7 Å². The van der Waals surface area contributed by atoms with E-state index in [2.05, 4.69) is 18.8 Å². The summed E-state index contributed by atoms with van der Waals surface area (Å²) in [6.45, 7) is 10.2. The Morgan fingerprint density at radius 3 is 1.91 bits per heavy atom. The Kier molecular flexibility index (Phi) is 14.8. The average molecular weight is 173 g/mol. The van der Waals surface area contributed by atoms with Crippen LogP contribution in [-0.2, 0) is 0 Å². The maximum atomic E-state index is 3.94. The van der Waals surface area contributed by atoms with Crippen molar-refractivity contribution in [3.05, 3.63) is 16.6 Å². The Morgan fingerprint density at radius 2 is 1.82 bits per heavy atom. The van der Waals surface area contributed by atoms with E-state index in [-0.39, 0.29) is 0 Å². The first kappa shape index (κ1) is 13.2. The summed E-state index contributed by atoms with van der Waals surface area (Å²) in [7, 11) is 0. The molecule has 0 aliphatic heterocycles. The molecule has 1 aromatic heterocycles. The first-order valence-corrected chi connectivity index (χ1v) is 5.10. The van der Waals surface area contributed by atoms with E-state index in [0.29, 0.717) is 0 Å². The van der Waals surface area contributed by atoms with Gasteiger partial charge in [-0.15, -0.1) is 11.3 Å². The highest BCUT2D eigenvalue weighted by atomic mass is 32.1. The minimum atomic E-state index is 1.11. The molecule has 2 heteroatoms. The first-order valence-electron chi connectivity index (χ1n) is 4.16. The predicted octanol–water partition coefficient (Wildman–Crippen LogP) is 3.89. The number of nitrogens with zero attached hydrogens (tertiary/aromatic N) is 1. The largest absolute Gasteiger partial charge is 0.250 e. The summed E-state index contributed by atoms with van der Waals surface area (Å²) in [6.07, 6.45) is 1.25. The molecule has 0 atom stereocenters. The Balaban J connectivity index is 0. The van der Waals surface area contributed by atoms with E-state index in [1.165, 1.54) is 6.42 Å². The van der Waals surface area contributed by atoms with Crippen molar-refractivity contribution in [1.82, 2.24) is 4.98 Å². The van der Waals surface area contributed by atoms with Gasteiger partial charge in [-0.3, -0.25) is 4.98 Å². The fourth-order valence-electron chi connectivity index (χ4n) is 0.273. The fourth-order valence-corrected chi connectivity index (χ4v) is 0.819. The molecule has 0 radical (unpaired) electrons. The summed E-state index contributed by atoms with van der Waals surface area (Å²) in [6, 6.07) is 0. The molecule has 0 aliphatic carbocycles. The second kappa shape index (κ2) is 12.3. The lowest BCUT2D eigenvalue weighted by molar-refractivity contribution is 1.09. The van der Waals surface area contributed by atoms with Crippen LogP contribution >= 0.6 is 11.3 Å². The number of aryl methyl sites for hydroxylation is 1. The molecule has 1 nitrogen and oxygen atoms in total. The molecule has 1 aromatic rings. The van der Waals surface area contributed by atoms with Crippen molar-refractivity contribution in [2.45, 2.75) is 41.0 Å². The van der Waals surface area contributed by atoms with Gasteiger partial charge in [0.25, 0.3) is 0 Å². The van der Waals surface area contributed by atoms with Gasteiger partial charge in [-0.2, -0.15) is 0 Å². The van der Waals surface area contributed by atoms with E-state index in [9.17, 15) is 0 Å². The van der Waals surface area contributed by atoms with Gasteiger partial charge < -0.3 is 0 Å². The molecule has 11 heavy (non-hydrogen) atoms. The summed E-state index contributed by atoms with van der Waals surface area (Å²) in [5, 5.41) is 2.01. The van der Waals surface area contributed by atoms with Gasteiger partial charge in [0.2, 0.25) is 0 Å². The molecule has 0 aliphatic rings. The number of thiazole rings is 1. The van der Waals surface area contributed by atoms with E-state index < -0.39 is 0 Å². The summed E-state index contributed by atoms with van der Waals surface area (Å²) < 4.78 is 0. The quantitative estimate of drug-likeness (QED) is 0.580. The van der Waals surface area contributed by atoms with Gasteiger partial charge in [0, 0.05) is 11.1 Å². The summed E-state index contributed by atoms with van der Waals surface area (Å²) in [5.41, 5.74) is 2.94. The van der Waals surface area contributed by atoms with Crippen molar-refractivity contribution in [2.24, 2.45) is 0 Å². The van der Waals surface area contributed by atoms with Gasteiger partial charge in [-0.25, -0.2) is 0 Å². The first-order chi connectivity index (χ1) is 5.31. The minimum Gasteiger partial charge on any atom is -0.250 e. The molecule has 0 saturated carbocycles. The predicted molar refractivity (Wildman–Crippen MR) is 54.2 cm³/mol. The van der Waals surface area contributed by atoms with Gasteiger partial charge in [0.15, 0.2) is 0 Å². The SMILES string of the molecule is CC.CCC.Cc1cscn1. The molecule has 0 fully saturated rings. The van der Waals surface area contributed by atoms with Gasteiger partial charge in [-0.1, -0.05) is 34.1 Å². The molecular weight excluding hydrogens is 154 g/mol. The molecule has 0 N–H and O–H groups in total. The van der Waals surface area contributed by atoms with Crippen LogP contribution in [0.2, 0.25) is 0 Å². The molecule has 0 bridgehead atoms. The highest BCUT2D eigenvalue weighted by Crippen LogP contribution is 1.95. The van der Waals surface area contributed by atoms with Crippen molar-refractivity contribution in [3.63, 3.8) is 0 Å². The summed E-state index contributed by atoms with van der Waals surface area (Å²) >= 11 is 1.63. The minimum absolute atomic E-state index is 1.11. The van der Waals surface area contributed by atoms with Crippen LogP contribution in [0.15, 0.2) is 10.9 Å². The average Bonchev–Trinajstić information content (AvgIpc) is 2.46. The maximum absolute atomic E-state index is 3.94. The molecule has 0 unspecified atom stereocenters. The molecule has 0 amide bonds. The number of hydrogen-bond donors (Lipinski definition) is 0. The van der Waals surface area contributed by atoms with Crippen LogP contribution in [0.3, 0.4) is 0 Å². The normalized spacial score (nSPS) is 7.00. The molecule has 66 valence electrons. The number of rotatable bonds is 0. The van der Waals surface area contributed by atoms with Crippen molar-refractivity contribution in [2.75, 3.05) is 0 Å². The van der Waals surface area contributed by atoms with Crippen molar-refractivity contribution in [3.8, 4) is 0 Å². The van der Waals surface area contributed by atoms with Crippen LogP contribution in [-0.4, -0.2) is 4.98 Å². The van der Waals surface area contributed by atoms with E-state index in [4.69, 9.17) is 0 Å². The van der Waals surface area contributed by atoms with E-state index in [0.717, 1.165) is 5.69 Å². The third-order valence-electron chi connectivity index (χ3n) is 0.556. The van der Waals surface area contributed by atoms with E-state index in [1.54, 1.807) is 11.3 Å². The third-order valence-corrected chi connectivity index (χ3v) is 1.26. The molecule has 0 spiro atoms. The summed E-state index contributed by atoms with van der Waals surface area (Å²) in [5.74, 6) is 0. The zero-order valence-corrected chi connectivity index (χ0v) is 9.03. The molecular formula is C9H19NS. The van der Waals surface area contributed by atoms with Gasteiger partial charge >= 0.3 is 0 Å². The van der Waals surface area contributed by atoms with Gasteiger partial charge in [-0.05, 0) is 6.92 Å². The van der Waals surface area contributed by atoms with Crippen LogP contribution < -0.4 is 0 Å². The topological polar surface area (TPSA) is 12.9 Å². The van der Waals surface area contributed by atoms with Gasteiger partial charge in [0.1, 0.15) is 0 Å². The number of aromatic nitrogens is 1. The Morgan fingerprint density at radius 1 is 1.36 bits per heavy atom. The Labute approximate surface area is 74.5 Å². The van der Waals surface area contributed by atoms with Crippen LogP contribution in [0.4, 0.5) is 0 Å². The molecule has 0 aromatic carbocycles. The smallest absolute Gasteiger partial charge is 0.0794 e. The van der Waals surface area contributed by atoms with Crippen molar-refractivity contribution >= 4 is 11.3 Å². The molecule has 0 saturated heterocycles. The van der Waals surface area contributed by atoms with Crippen LogP contribution in [0, 0.1) is 6.92 Å². The lowest BCUT2D eigenvalue weighted by atomic mass is 10.6. The van der Waals surface area contributed by atoms with Gasteiger partial charge in [0.05, 0.1) is 5.51 Å². The second-order valence-electron chi connectivity index (χ2n) is 1.84. The second-order valence-corrected chi connectivity index (χ2v) is 2.56. The molecule has 1 rings (SSSR count). The lowest BCUT2D eigenvalue weighted by Crippen LogP contribution is -1.59. The van der Waals surface area contributed by atoms with Crippen LogP contribution in [0.5, 0.6) is 0 Å². The van der Waals surface area contributed by atoms with Crippen LogP contribution in [0.25, 0.3) is 0 Å². The highest BCUT2D eigenvalue weighted by molar-refractivity contribution is 7.07. The highest BCUT2D eigenvalue weighted by Gasteiger charge is 1.76. The number of hydrogen-bond acceptors (Lipinski definition) is 2. The van der Waals surface area contributed by atoms with Crippen LogP contribution in [0.1, 0.15) is 39.8 Å². The summed E-state index contributed by atoms with van der Waals surface area (Å²) in [4.78, 5) is 3.94. The third kappa shape index (κ3) is 12.8. The Bertz CT molecular complexity index is 124.